The van der Waals surface area contributed by atoms with Crippen LogP contribution in [0.15, 0.2) is 18.2 Å². The maximum absolute atomic E-state index is 11.8. The molecule has 0 aliphatic carbocycles. The van der Waals surface area contributed by atoms with Gasteiger partial charge in [0.25, 0.3) is 0 Å². The summed E-state index contributed by atoms with van der Waals surface area (Å²) in [6, 6.07) is 5.66. The summed E-state index contributed by atoms with van der Waals surface area (Å²) in [5, 5.41) is 12.7. The van der Waals surface area contributed by atoms with Gasteiger partial charge >= 0.3 is 5.97 Å². The Labute approximate surface area is 113 Å². The van der Waals surface area contributed by atoms with Crippen LogP contribution >= 0.6 is 0 Å². The second-order valence-electron chi connectivity index (χ2n) is 5.00. The Morgan fingerprint density at radius 2 is 2.26 bits per heavy atom. The molecule has 104 valence electrons. The highest BCUT2D eigenvalue weighted by Crippen LogP contribution is 2.30. The van der Waals surface area contributed by atoms with Crippen LogP contribution in [0.2, 0.25) is 0 Å². The molecule has 1 aromatic rings. The monoisotopic (exact) mass is 263 g/mol. The minimum atomic E-state index is -0.282. The van der Waals surface area contributed by atoms with Crippen molar-refractivity contribution in [2.24, 2.45) is 5.92 Å². The van der Waals surface area contributed by atoms with Crippen molar-refractivity contribution in [2.75, 3.05) is 26.3 Å². The molecule has 4 nitrogen and oxygen atoms in total. The molecule has 1 fully saturated rings. The van der Waals surface area contributed by atoms with Gasteiger partial charge in [0.1, 0.15) is 0 Å². The number of carbonyl (C=O) groups excluding carboxylic acids is 1. The summed E-state index contributed by atoms with van der Waals surface area (Å²) in [5.74, 6) is 0.200. The molecule has 2 rings (SSSR count). The number of esters is 1. The van der Waals surface area contributed by atoms with Gasteiger partial charge < -0.3 is 15.2 Å². The van der Waals surface area contributed by atoms with Crippen LogP contribution in [0.25, 0.3) is 0 Å². The lowest BCUT2D eigenvalue weighted by Crippen LogP contribution is -2.16. The van der Waals surface area contributed by atoms with Gasteiger partial charge in [-0.15, -0.1) is 0 Å². The number of benzene rings is 1. The lowest BCUT2D eigenvalue weighted by atomic mass is 9.86. The number of hydrogen-bond acceptors (Lipinski definition) is 4. The average Bonchev–Trinajstić information content (AvgIpc) is 2.87. The summed E-state index contributed by atoms with van der Waals surface area (Å²) in [4.78, 5) is 11.8. The summed E-state index contributed by atoms with van der Waals surface area (Å²) in [5.41, 5.74) is 2.88. The van der Waals surface area contributed by atoms with Gasteiger partial charge in [0, 0.05) is 31.5 Å². The maximum Gasteiger partial charge on any atom is 0.338 e. The molecular weight excluding hydrogens is 242 g/mol. The van der Waals surface area contributed by atoms with Gasteiger partial charge in [-0.2, -0.15) is 0 Å². The van der Waals surface area contributed by atoms with Gasteiger partial charge in [-0.25, -0.2) is 4.79 Å². The van der Waals surface area contributed by atoms with Crippen molar-refractivity contribution in [1.29, 1.82) is 0 Å². The van der Waals surface area contributed by atoms with Gasteiger partial charge in [-0.3, -0.25) is 0 Å². The van der Waals surface area contributed by atoms with Crippen LogP contribution in [-0.4, -0.2) is 37.4 Å². The van der Waals surface area contributed by atoms with Gasteiger partial charge in [-0.05, 0) is 37.1 Å². The molecule has 1 heterocycles. The average molecular weight is 263 g/mol. The standard InChI is InChI=1S/C15H21NO3/c1-3-19-15(18)11-5-4-10(2)13(6-11)14-8-16-7-12(14)9-17/h4-6,12,14,16-17H,3,7-9H2,1-2H3/t12-,14+/m0/s1. The Morgan fingerprint density at radius 1 is 1.47 bits per heavy atom. The first kappa shape index (κ1) is 14.0. The van der Waals surface area contributed by atoms with E-state index in [2.05, 4.69) is 5.32 Å². The smallest absolute Gasteiger partial charge is 0.338 e. The van der Waals surface area contributed by atoms with Crippen LogP contribution in [0.5, 0.6) is 0 Å². The molecule has 19 heavy (non-hydrogen) atoms. The fourth-order valence-corrected chi connectivity index (χ4v) is 2.67. The highest BCUT2D eigenvalue weighted by molar-refractivity contribution is 5.89. The molecule has 0 aromatic heterocycles. The molecule has 0 bridgehead atoms. The highest BCUT2D eigenvalue weighted by atomic mass is 16.5. The Balaban J connectivity index is 2.29. The van der Waals surface area contributed by atoms with Crippen LogP contribution in [0.1, 0.15) is 34.3 Å². The lowest BCUT2D eigenvalue weighted by molar-refractivity contribution is 0.0526. The van der Waals surface area contributed by atoms with Gasteiger partial charge in [-0.1, -0.05) is 6.07 Å². The molecule has 4 heteroatoms. The van der Waals surface area contributed by atoms with E-state index in [0.717, 1.165) is 24.2 Å². The van der Waals surface area contributed by atoms with Gasteiger partial charge in [0.05, 0.1) is 12.2 Å². The van der Waals surface area contributed by atoms with Crippen molar-refractivity contribution in [3.63, 3.8) is 0 Å². The van der Waals surface area contributed by atoms with Gasteiger partial charge in [0.2, 0.25) is 0 Å². The van der Waals surface area contributed by atoms with E-state index in [9.17, 15) is 9.90 Å². The van der Waals surface area contributed by atoms with E-state index in [1.165, 1.54) is 0 Å². The van der Waals surface area contributed by atoms with Crippen molar-refractivity contribution < 1.29 is 14.6 Å². The van der Waals surface area contributed by atoms with Crippen molar-refractivity contribution in [3.8, 4) is 0 Å². The minimum absolute atomic E-state index is 0.167. The fourth-order valence-electron chi connectivity index (χ4n) is 2.67. The van der Waals surface area contributed by atoms with E-state index in [4.69, 9.17) is 4.74 Å². The molecule has 0 unspecified atom stereocenters. The molecule has 0 radical (unpaired) electrons. The number of hydrogen-bond donors (Lipinski definition) is 2. The van der Waals surface area contributed by atoms with Crippen molar-refractivity contribution in [1.82, 2.24) is 5.32 Å². The third-order valence-corrected chi connectivity index (χ3v) is 3.76. The van der Waals surface area contributed by atoms with Crippen LogP contribution in [0.4, 0.5) is 0 Å². The third-order valence-electron chi connectivity index (χ3n) is 3.76. The zero-order chi connectivity index (χ0) is 13.8. The summed E-state index contributed by atoms with van der Waals surface area (Å²) in [6.07, 6.45) is 0. The van der Waals surface area contributed by atoms with Crippen molar-refractivity contribution >= 4 is 5.97 Å². The van der Waals surface area contributed by atoms with Crippen molar-refractivity contribution in [3.05, 3.63) is 34.9 Å². The minimum Gasteiger partial charge on any atom is -0.462 e. The molecular formula is C15H21NO3. The lowest BCUT2D eigenvalue weighted by Gasteiger charge is -2.19. The zero-order valence-electron chi connectivity index (χ0n) is 11.5. The number of carbonyl (C=O) groups is 1. The molecule has 2 atom stereocenters. The van der Waals surface area contributed by atoms with E-state index in [-0.39, 0.29) is 24.4 Å². The summed E-state index contributed by atoms with van der Waals surface area (Å²) < 4.78 is 5.03. The van der Waals surface area contributed by atoms with E-state index in [1.54, 1.807) is 13.0 Å². The molecule has 1 aliphatic rings. The summed E-state index contributed by atoms with van der Waals surface area (Å²) in [7, 11) is 0. The molecule has 1 aromatic carbocycles. The first-order valence-corrected chi connectivity index (χ1v) is 6.76. The van der Waals surface area contributed by atoms with Gasteiger partial charge in [0.15, 0.2) is 0 Å². The van der Waals surface area contributed by atoms with E-state index < -0.39 is 0 Å². The first-order chi connectivity index (χ1) is 9.17. The van der Waals surface area contributed by atoms with Crippen LogP contribution < -0.4 is 5.32 Å². The predicted molar refractivity (Wildman–Crippen MR) is 73.3 cm³/mol. The first-order valence-electron chi connectivity index (χ1n) is 6.76. The van der Waals surface area contributed by atoms with Crippen molar-refractivity contribution in [2.45, 2.75) is 19.8 Å². The number of rotatable bonds is 4. The maximum atomic E-state index is 11.8. The Hall–Kier alpha value is -1.39. The second kappa shape index (κ2) is 6.17. The summed E-state index contributed by atoms with van der Waals surface area (Å²) >= 11 is 0. The molecule has 0 amide bonds. The summed E-state index contributed by atoms with van der Waals surface area (Å²) in [6.45, 7) is 6.06. The quantitative estimate of drug-likeness (QED) is 0.808. The third kappa shape index (κ3) is 2.96. The van der Waals surface area contributed by atoms with E-state index >= 15 is 0 Å². The number of aryl methyl sites for hydroxylation is 1. The normalized spacial score (nSPS) is 22.5. The SMILES string of the molecule is CCOC(=O)c1ccc(C)c([C@@H]2CNC[C@H]2CO)c1. The number of aliphatic hydroxyl groups is 1. The second-order valence-corrected chi connectivity index (χ2v) is 5.00. The van der Waals surface area contributed by atoms with Crippen LogP contribution in [0, 0.1) is 12.8 Å². The van der Waals surface area contributed by atoms with Crippen LogP contribution in [-0.2, 0) is 4.74 Å². The van der Waals surface area contributed by atoms with Crippen LogP contribution in [0.3, 0.4) is 0 Å². The topological polar surface area (TPSA) is 58.6 Å². The highest BCUT2D eigenvalue weighted by Gasteiger charge is 2.29. The number of nitrogens with one attached hydrogen (secondary N) is 1. The zero-order valence-corrected chi connectivity index (χ0v) is 11.5. The molecule has 1 saturated heterocycles. The predicted octanol–water partition coefficient (Wildman–Crippen LogP) is 1.47. The Kier molecular flexibility index (Phi) is 4.56. The van der Waals surface area contributed by atoms with E-state index in [1.807, 2.05) is 19.1 Å². The Morgan fingerprint density at radius 3 is 2.95 bits per heavy atom. The molecule has 0 spiro atoms. The fraction of sp³-hybridized carbons (Fsp3) is 0.533. The molecule has 2 N–H and O–H groups in total. The largest absolute Gasteiger partial charge is 0.462 e. The number of aliphatic hydroxyl groups excluding tert-OH is 1. The van der Waals surface area contributed by atoms with E-state index in [0.29, 0.717) is 12.2 Å². The molecule has 1 aliphatic heterocycles. The Bertz CT molecular complexity index is 459. The molecule has 0 saturated carbocycles. The number of ether oxygens (including phenoxy) is 1.